The van der Waals surface area contributed by atoms with E-state index < -0.39 is 5.91 Å². The van der Waals surface area contributed by atoms with Gasteiger partial charge in [0, 0.05) is 17.3 Å². The average molecular weight is 367 g/mol. The van der Waals surface area contributed by atoms with E-state index in [4.69, 9.17) is 0 Å². The lowest BCUT2D eigenvalue weighted by Crippen LogP contribution is -2.38. The maximum atomic E-state index is 12.4. The van der Waals surface area contributed by atoms with Crippen LogP contribution in [-0.4, -0.2) is 41.1 Å². The second kappa shape index (κ2) is 6.98. The van der Waals surface area contributed by atoms with Crippen LogP contribution in [0.2, 0.25) is 0 Å². The Morgan fingerprint density at radius 1 is 1.04 bits per heavy atom. The number of nitrogens with zero attached hydrogens (tertiary/aromatic N) is 1. The molecular weight excluding hydrogens is 346 g/mol. The fraction of sp³-hybridized carbons (Fsp3) is 0.400. The van der Waals surface area contributed by atoms with Gasteiger partial charge in [0.05, 0.1) is 11.8 Å². The lowest BCUT2D eigenvalue weighted by molar-refractivity contribution is -0.142. The highest BCUT2D eigenvalue weighted by molar-refractivity contribution is 6.09. The van der Waals surface area contributed by atoms with Crippen LogP contribution in [0.15, 0.2) is 36.4 Å². The van der Waals surface area contributed by atoms with E-state index in [1.807, 2.05) is 12.2 Å². The van der Waals surface area contributed by atoms with Crippen LogP contribution in [0.3, 0.4) is 0 Å². The Bertz CT molecular complexity index is 817. The van der Waals surface area contributed by atoms with Crippen LogP contribution >= 0.6 is 0 Å². The maximum Gasteiger partial charge on any atom is 0.251 e. The molecule has 1 saturated carbocycles. The molecule has 2 fully saturated rings. The van der Waals surface area contributed by atoms with Crippen molar-refractivity contribution in [2.75, 3.05) is 11.9 Å². The third-order valence-corrected chi connectivity index (χ3v) is 5.22. The first-order valence-corrected chi connectivity index (χ1v) is 9.24. The van der Waals surface area contributed by atoms with Gasteiger partial charge in [-0.2, -0.15) is 0 Å². The van der Waals surface area contributed by atoms with Crippen molar-refractivity contribution in [1.29, 1.82) is 0 Å². The zero-order valence-electron chi connectivity index (χ0n) is 14.8. The lowest BCUT2D eigenvalue weighted by Gasteiger charge is -2.14. The molecule has 7 heteroatoms. The normalized spacial score (nSPS) is 23.9. The Hall–Kier alpha value is -2.96. The summed E-state index contributed by atoms with van der Waals surface area (Å²) in [5.41, 5.74) is 0.923. The van der Waals surface area contributed by atoms with E-state index in [-0.39, 0.29) is 42.1 Å². The molecule has 4 amide bonds. The van der Waals surface area contributed by atoms with Crippen LogP contribution in [0.1, 0.15) is 36.0 Å². The topological polar surface area (TPSA) is 95.6 Å². The maximum absolute atomic E-state index is 12.4. The fourth-order valence-electron chi connectivity index (χ4n) is 3.60. The van der Waals surface area contributed by atoms with Gasteiger partial charge in [0.15, 0.2) is 0 Å². The summed E-state index contributed by atoms with van der Waals surface area (Å²) in [7, 11) is 0. The van der Waals surface area contributed by atoms with Crippen molar-refractivity contribution in [3.63, 3.8) is 0 Å². The number of anilines is 1. The van der Waals surface area contributed by atoms with Crippen LogP contribution in [-0.2, 0) is 14.4 Å². The average Bonchev–Trinajstić information content (AvgIpc) is 3.45. The van der Waals surface area contributed by atoms with Crippen LogP contribution in [0.4, 0.5) is 5.69 Å². The quantitative estimate of drug-likeness (QED) is 0.608. The molecule has 3 aliphatic rings. The summed E-state index contributed by atoms with van der Waals surface area (Å²) >= 11 is 0. The SMILES string of the molecule is O=C(CN1C(=O)C2CC=CCC2C1=O)Nc1cccc(C(=O)NC2CC2)c1. The Kier molecular flexibility index (Phi) is 4.51. The lowest BCUT2D eigenvalue weighted by atomic mass is 9.85. The monoisotopic (exact) mass is 367 g/mol. The smallest absolute Gasteiger partial charge is 0.251 e. The fourth-order valence-corrected chi connectivity index (χ4v) is 3.60. The van der Waals surface area contributed by atoms with Gasteiger partial charge in [-0.3, -0.25) is 24.1 Å². The summed E-state index contributed by atoms with van der Waals surface area (Å²) in [6.07, 6.45) is 6.91. The van der Waals surface area contributed by atoms with Gasteiger partial charge in [0.1, 0.15) is 6.54 Å². The highest BCUT2D eigenvalue weighted by atomic mass is 16.2. The van der Waals surface area contributed by atoms with Gasteiger partial charge in [-0.1, -0.05) is 18.2 Å². The predicted molar refractivity (Wildman–Crippen MR) is 97.6 cm³/mol. The molecule has 1 heterocycles. The number of hydrogen-bond acceptors (Lipinski definition) is 4. The van der Waals surface area contributed by atoms with Crippen LogP contribution in [0, 0.1) is 11.8 Å². The van der Waals surface area contributed by atoms with E-state index in [1.54, 1.807) is 24.3 Å². The number of allylic oxidation sites excluding steroid dienone is 2. The van der Waals surface area contributed by atoms with Crippen molar-refractivity contribution in [2.24, 2.45) is 11.8 Å². The molecule has 27 heavy (non-hydrogen) atoms. The Labute approximate surface area is 156 Å². The van der Waals surface area contributed by atoms with Crippen molar-refractivity contribution < 1.29 is 19.2 Å². The molecule has 7 nitrogen and oxygen atoms in total. The molecule has 140 valence electrons. The van der Waals surface area contributed by atoms with Crippen LogP contribution < -0.4 is 10.6 Å². The Morgan fingerprint density at radius 2 is 1.70 bits per heavy atom. The number of carbonyl (C=O) groups is 4. The summed E-state index contributed by atoms with van der Waals surface area (Å²) in [5, 5.41) is 5.57. The van der Waals surface area contributed by atoms with Gasteiger partial charge in [-0.25, -0.2) is 0 Å². The molecule has 1 aliphatic heterocycles. The molecule has 0 spiro atoms. The van der Waals surface area contributed by atoms with Crippen LogP contribution in [0.25, 0.3) is 0 Å². The first-order valence-electron chi connectivity index (χ1n) is 9.24. The number of likely N-dealkylation sites (tertiary alicyclic amines) is 1. The minimum absolute atomic E-state index is 0.171. The van der Waals surface area contributed by atoms with Gasteiger partial charge in [-0.15, -0.1) is 0 Å². The molecule has 1 aromatic carbocycles. The first-order chi connectivity index (χ1) is 13.0. The summed E-state index contributed by atoms with van der Waals surface area (Å²) in [6.45, 7) is -0.302. The largest absolute Gasteiger partial charge is 0.349 e. The molecule has 1 saturated heterocycles. The molecule has 0 bridgehead atoms. The standard InChI is InChI=1S/C20H21N3O4/c24-17(11-23-19(26)15-6-1-2-7-16(15)20(23)27)21-14-5-3-4-12(10-14)18(25)22-13-8-9-13/h1-5,10,13,15-16H,6-9,11H2,(H,21,24)(H,22,25). The van der Waals surface area contributed by atoms with Gasteiger partial charge in [0.2, 0.25) is 17.7 Å². The van der Waals surface area contributed by atoms with Crippen molar-refractivity contribution >= 4 is 29.3 Å². The van der Waals surface area contributed by atoms with Crippen LogP contribution in [0.5, 0.6) is 0 Å². The van der Waals surface area contributed by atoms with Crippen molar-refractivity contribution in [3.8, 4) is 0 Å². The first kappa shape index (κ1) is 17.5. The number of hydrogen-bond donors (Lipinski definition) is 2. The number of rotatable bonds is 5. The number of benzene rings is 1. The van der Waals surface area contributed by atoms with E-state index in [0.717, 1.165) is 17.7 Å². The predicted octanol–water partition coefficient (Wildman–Crippen LogP) is 1.47. The Balaban J connectivity index is 1.39. The molecule has 2 atom stereocenters. The summed E-state index contributed by atoms with van der Waals surface area (Å²) < 4.78 is 0. The third kappa shape index (κ3) is 3.63. The van der Waals surface area contributed by atoms with Gasteiger partial charge in [-0.05, 0) is 43.9 Å². The third-order valence-electron chi connectivity index (χ3n) is 5.22. The van der Waals surface area contributed by atoms with E-state index >= 15 is 0 Å². The molecule has 1 aromatic rings. The van der Waals surface area contributed by atoms with Crippen molar-refractivity contribution in [3.05, 3.63) is 42.0 Å². The molecule has 0 radical (unpaired) electrons. The Morgan fingerprint density at radius 3 is 2.33 bits per heavy atom. The summed E-state index contributed by atoms with van der Waals surface area (Å²) in [5.74, 6) is -1.86. The van der Waals surface area contributed by atoms with Crippen molar-refractivity contribution in [2.45, 2.75) is 31.7 Å². The zero-order valence-corrected chi connectivity index (χ0v) is 14.8. The molecule has 2 unspecified atom stereocenters. The van der Waals surface area contributed by atoms with Crippen molar-refractivity contribution in [1.82, 2.24) is 10.2 Å². The number of fused-ring (bicyclic) bond motifs is 1. The van der Waals surface area contributed by atoms with E-state index in [1.165, 1.54) is 0 Å². The van der Waals surface area contributed by atoms with E-state index in [9.17, 15) is 19.2 Å². The highest BCUT2D eigenvalue weighted by Crippen LogP contribution is 2.34. The number of nitrogens with one attached hydrogen (secondary N) is 2. The highest BCUT2D eigenvalue weighted by Gasteiger charge is 2.47. The number of amides is 4. The minimum atomic E-state index is -0.456. The summed E-state index contributed by atoms with van der Waals surface area (Å²) in [6, 6.07) is 6.87. The summed E-state index contributed by atoms with van der Waals surface area (Å²) in [4.78, 5) is 50.4. The molecule has 2 aliphatic carbocycles. The number of imide groups is 1. The molecule has 4 rings (SSSR count). The van der Waals surface area contributed by atoms with E-state index in [2.05, 4.69) is 10.6 Å². The zero-order chi connectivity index (χ0) is 19.0. The van der Waals surface area contributed by atoms with Gasteiger partial charge in [0.25, 0.3) is 5.91 Å². The van der Waals surface area contributed by atoms with Gasteiger partial charge >= 0.3 is 0 Å². The molecule has 2 N–H and O–H groups in total. The molecule has 0 aromatic heterocycles. The molecular formula is C20H21N3O4. The second-order valence-electron chi connectivity index (χ2n) is 7.30. The second-order valence-corrected chi connectivity index (χ2v) is 7.30. The van der Waals surface area contributed by atoms with Gasteiger partial charge < -0.3 is 10.6 Å². The minimum Gasteiger partial charge on any atom is -0.349 e. The number of carbonyl (C=O) groups excluding carboxylic acids is 4. The van der Waals surface area contributed by atoms with E-state index in [0.29, 0.717) is 24.1 Å².